The quantitative estimate of drug-likeness (QED) is 0.546. The highest BCUT2D eigenvalue weighted by Gasteiger charge is 2.33. The lowest BCUT2D eigenvalue weighted by Crippen LogP contribution is -2.21. The Morgan fingerprint density at radius 1 is 1.70 bits per heavy atom. The minimum atomic E-state index is -0.506. The molecule has 0 saturated carbocycles. The van der Waals surface area contributed by atoms with Crippen LogP contribution in [0.15, 0.2) is 12.8 Å². The maximum Gasteiger partial charge on any atom is 0.225 e. The van der Waals surface area contributed by atoms with E-state index in [0.29, 0.717) is 6.61 Å². The molecular formula is C7H12O3. The largest absolute Gasteiger partial charge is 0.471 e. The Morgan fingerprint density at radius 3 is 2.80 bits per heavy atom. The summed E-state index contributed by atoms with van der Waals surface area (Å²) in [6.07, 6.45) is 1.07. The molecule has 1 aliphatic heterocycles. The molecule has 1 heterocycles. The zero-order valence-electron chi connectivity index (χ0n) is 6.29. The maximum atomic E-state index is 5.27. The van der Waals surface area contributed by atoms with Gasteiger partial charge in [0.15, 0.2) is 5.79 Å². The van der Waals surface area contributed by atoms with Crippen molar-refractivity contribution >= 4 is 0 Å². The van der Waals surface area contributed by atoms with Crippen LogP contribution in [-0.2, 0) is 14.2 Å². The van der Waals surface area contributed by atoms with Crippen LogP contribution in [-0.4, -0.2) is 18.7 Å². The lowest BCUT2D eigenvalue weighted by Gasteiger charge is -2.15. The fraction of sp³-hybridized carbons (Fsp3) is 0.714. The molecule has 0 aliphatic carbocycles. The van der Waals surface area contributed by atoms with E-state index in [2.05, 4.69) is 6.58 Å². The van der Waals surface area contributed by atoms with Crippen molar-refractivity contribution in [2.45, 2.75) is 25.9 Å². The second-order valence-corrected chi connectivity index (χ2v) is 2.56. The standard InChI is InChI=1S/C7H12O3/c1-4-8-6-5-9-7(2,3)10-6/h4,6H,1,5H2,2-3H3. The Bertz CT molecular complexity index is 131. The summed E-state index contributed by atoms with van der Waals surface area (Å²) in [4.78, 5) is 0. The summed E-state index contributed by atoms with van der Waals surface area (Å²) in [6, 6.07) is 0. The lowest BCUT2D eigenvalue weighted by atomic mass is 10.4. The molecule has 0 N–H and O–H groups in total. The first-order chi connectivity index (χ1) is 4.64. The van der Waals surface area contributed by atoms with Crippen LogP contribution in [0.1, 0.15) is 13.8 Å². The molecule has 3 nitrogen and oxygen atoms in total. The first-order valence-corrected chi connectivity index (χ1v) is 3.22. The summed E-state index contributed by atoms with van der Waals surface area (Å²) in [7, 11) is 0. The van der Waals surface area contributed by atoms with E-state index in [1.54, 1.807) is 0 Å². The fourth-order valence-corrected chi connectivity index (χ4v) is 0.828. The summed E-state index contributed by atoms with van der Waals surface area (Å²) >= 11 is 0. The predicted octanol–water partition coefficient (Wildman–Crippen LogP) is 1.26. The zero-order valence-corrected chi connectivity index (χ0v) is 6.29. The Hall–Kier alpha value is -0.540. The van der Waals surface area contributed by atoms with Gasteiger partial charge in [-0.05, 0) is 13.8 Å². The van der Waals surface area contributed by atoms with Gasteiger partial charge in [0.2, 0.25) is 6.29 Å². The molecule has 1 unspecified atom stereocenters. The second-order valence-electron chi connectivity index (χ2n) is 2.56. The van der Waals surface area contributed by atoms with Crippen molar-refractivity contribution in [1.82, 2.24) is 0 Å². The van der Waals surface area contributed by atoms with Crippen LogP contribution in [0.2, 0.25) is 0 Å². The molecule has 0 bridgehead atoms. The van der Waals surface area contributed by atoms with Crippen LogP contribution < -0.4 is 0 Å². The minimum Gasteiger partial charge on any atom is -0.471 e. The van der Waals surface area contributed by atoms with Gasteiger partial charge in [-0.15, -0.1) is 0 Å². The number of hydrogen-bond donors (Lipinski definition) is 0. The number of rotatable bonds is 2. The molecule has 0 aromatic rings. The van der Waals surface area contributed by atoms with Crippen LogP contribution in [0.5, 0.6) is 0 Å². The highest BCUT2D eigenvalue weighted by molar-refractivity contribution is 4.65. The number of ether oxygens (including phenoxy) is 3. The van der Waals surface area contributed by atoms with Crippen LogP contribution in [0.4, 0.5) is 0 Å². The minimum absolute atomic E-state index is 0.285. The molecule has 0 aromatic heterocycles. The highest BCUT2D eigenvalue weighted by Crippen LogP contribution is 2.22. The van der Waals surface area contributed by atoms with Crippen LogP contribution in [0.25, 0.3) is 0 Å². The smallest absolute Gasteiger partial charge is 0.225 e. The molecule has 0 amide bonds. The first kappa shape index (κ1) is 7.57. The van der Waals surface area contributed by atoms with Gasteiger partial charge in [0.05, 0.1) is 6.26 Å². The zero-order chi connectivity index (χ0) is 7.61. The molecule has 0 aromatic carbocycles. The van der Waals surface area contributed by atoms with E-state index < -0.39 is 5.79 Å². The molecule has 1 saturated heterocycles. The van der Waals surface area contributed by atoms with E-state index in [0.717, 1.165) is 0 Å². The van der Waals surface area contributed by atoms with Crippen molar-refractivity contribution in [1.29, 1.82) is 0 Å². The van der Waals surface area contributed by atoms with Gasteiger partial charge in [-0.2, -0.15) is 0 Å². The summed E-state index contributed by atoms with van der Waals surface area (Å²) in [5.74, 6) is -0.506. The second kappa shape index (κ2) is 2.60. The summed E-state index contributed by atoms with van der Waals surface area (Å²) in [6.45, 7) is 7.58. The Balaban J connectivity index is 2.35. The molecule has 3 heteroatoms. The van der Waals surface area contributed by atoms with Crippen LogP contribution in [0.3, 0.4) is 0 Å². The lowest BCUT2D eigenvalue weighted by molar-refractivity contribution is -0.175. The molecule has 10 heavy (non-hydrogen) atoms. The fourth-order valence-electron chi connectivity index (χ4n) is 0.828. The van der Waals surface area contributed by atoms with Crippen molar-refractivity contribution in [3.8, 4) is 0 Å². The third kappa shape index (κ3) is 1.72. The third-order valence-corrected chi connectivity index (χ3v) is 1.23. The van der Waals surface area contributed by atoms with Gasteiger partial charge in [0.1, 0.15) is 6.61 Å². The molecule has 58 valence electrons. The summed E-state index contributed by atoms with van der Waals surface area (Å²) < 4.78 is 15.4. The van der Waals surface area contributed by atoms with Gasteiger partial charge in [0, 0.05) is 0 Å². The van der Waals surface area contributed by atoms with Crippen molar-refractivity contribution < 1.29 is 14.2 Å². The average molecular weight is 144 g/mol. The van der Waals surface area contributed by atoms with Crippen LogP contribution >= 0.6 is 0 Å². The van der Waals surface area contributed by atoms with Crippen molar-refractivity contribution in [2.75, 3.05) is 6.61 Å². The molecule has 0 spiro atoms. The van der Waals surface area contributed by atoms with Gasteiger partial charge in [-0.1, -0.05) is 6.58 Å². The topological polar surface area (TPSA) is 27.7 Å². The molecule has 1 atom stereocenters. The van der Waals surface area contributed by atoms with E-state index >= 15 is 0 Å². The first-order valence-electron chi connectivity index (χ1n) is 3.22. The summed E-state index contributed by atoms with van der Waals surface area (Å²) in [5.41, 5.74) is 0. The Labute approximate surface area is 60.6 Å². The van der Waals surface area contributed by atoms with E-state index in [1.807, 2.05) is 13.8 Å². The monoisotopic (exact) mass is 144 g/mol. The third-order valence-electron chi connectivity index (χ3n) is 1.23. The molecular weight excluding hydrogens is 132 g/mol. The normalized spacial score (nSPS) is 30.0. The van der Waals surface area contributed by atoms with Gasteiger partial charge >= 0.3 is 0 Å². The maximum absolute atomic E-state index is 5.27. The van der Waals surface area contributed by atoms with Crippen molar-refractivity contribution in [2.24, 2.45) is 0 Å². The van der Waals surface area contributed by atoms with Crippen LogP contribution in [0, 0.1) is 0 Å². The Kier molecular flexibility index (Phi) is 1.97. The van der Waals surface area contributed by atoms with E-state index in [1.165, 1.54) is 6.26 Å². The van der Waals surface area contributed by atoms with Crippen molar-refractivity contribution in [3.05, 3.63) is 12.8 Å². The molecule has 1 rings (SSSR count). The Morgan fingerprint density at radius 2 is 2.40 bits per heavy atom. The average Bonchev–Trinajstić information content (AvgIpc) is 2.12. The van der Waals surface area contributed by atoms with Gasteiger partial charge in [-0.25, -0.2) is 0 Å². The summed E-state index contributed by atoms with van der Waals surface area (Å²) in [5, 5.41) is 0. The van der Waals surface area contributed by atoms with Gasteiger partial charge < -0.3 is 14.2 Å². The van der Waals surface area contributed by atoms with Gasteiger partial charge in [-0.3, -0.25) is 0 Å². The molecule has 1 fully saturated rings. The highest BCUT2D eigenvalue weighted by atomic mass is 16.8. The van der Waals surface area contributed by atoms with Gasteiger partial charge in [0.25, 0.3) is 0 Å². The van der Waals surface area contributed by atoms with E-state index in [-0.39, 0.29) is 6.29 Å². The molecule has 0 radical (unpaired) electrons. The number of hydrogen-bond acceptors (Lipinski definition) is 3. The van der Waals surface area contributed by atoms with E-state index in [9.17, 15) is 0 Å². The predicted molar refractivity (Wildman–Crippen MR) is 36.2 cm³/mol. The van der Waals surface area contributed by atoms with Crippen molar-refractivity contribution in [3.63, 3.8) is 0 Å². The SMILES string of the molecule is C=COC1COC(C)(C)O1. The molecule has 1 aliphatic rings. The van der Waals surface area contributed by atoms with E-state index in [4.69, 9.17) is 14.2 Å².